The van der Waals surface area contributed by atoms with E-state index in [9.17, 15) is 38.4 Å². The van der Waals surface area contributed by atoms with Gasteiger partial charge in [0, 0.05) is 24.3 Å². The van der Waals surface area contributed by atoms with E-state index in [1.165, 1.54) is 6.42 Å². The minimum Gasteiger partial charge on any atom is -0.480 e. The fourth-order valence-electron chi connectivity index (χ4n) is 2.52. The molecule has 0 bridgehead atoms. The molecule has 0 fully saturated rings. The zero-order valence-electron chi connectivity index (χ0n) is 23.7. The summed E-state index contributed by atoms with van der Waals surface area (Å²) < 4.78 is 0. The van der Waals surface area contributed by atoms with E-state index < -0.39 is 84.8 Å². The Bertz CT molecular complexity index is 897. The molecule has 18 nitrogen and oxygen atoms in total. The second-order valence-electron chi connectivity index (χ2n) is 8.71. The van der Waals surface area contributed by atoms with Crippen molar-refractivity contribution in [3.05, 3.63) is 0 Å². The predicted octanol–water partition coefficient (Wildman–Crippen LogP) is -2.46. The van der Waals surface area contributed by atoms with Crippen LogP contribution < -0.4 is 32.7 Å². The molecule has 4 amide bonds. The van der Waals surface area contributed by atoms with E-state index in [-0.39, 0.29) is 37.2 Å². The summed E-state index contributed by atoms with van der Waals surface area (Å²) in [5.41, 5.74) is 10.7. The maximum Gasteiger partial charge on any atom is 0.322 e. The number of hydrogen-bond donors (Lipinski definition) is 10. The van der Waals surface area contributed by atoms with Gasteiger partial charge in [-0.3, -0.25) is 38.4 Å². The molecule has 4 atom stereocenters. The number of amides is 4. The van der Waals surface area contributed by atoms with Gasteiger partial charge >= 0.3 is 23.9 Å². The van der Waals surface area contributed by atoms with Gasteiger partial charge in [-0.2, -0.15) is 0 Å². The fourth-order valence-corrected chi connectivity index (χ4v) is 4.85. The molecule has 0 saturated carbocycles. The van der Waals surface area contributed by atoms with Crippen molar-refractivity contribution in [1.29, 1.82) is 0 Å². The molecule has 246 valence electrons. The van der Waals surface area contributed by atoms with Crippen LogP contribution in [0.1, 0.15) is 46.0 Å². The summed E-state index contributed by atoms with van der Waals surface area (Å²) in [4.78, 5) is 92.3. The number of carboxylic acids is 4. The SMILES string of the molecule is CCC.N[C@@H](CCC(=O)N[C@@H](CSSC[C@H](NC(=O)CC[C@H](N)C(=O)O)C(=O)NCC(=O)O)C(=O)NCC(=O)O)C(=O)O. The Morgan fingerprint density at radius 2 is 0.930 bits per heavy atom. The van der Waals surface area contributed by atoms with E-state index in [0.717, 1.165) is 21.6 Å². The van der Waals surface area contributed by atoms with Crippen molar-refractivity contribution >= 4 is 69.1 Å². The van der Waals surface area contributed by atoms with Crippen molar-refractivity contribution in [2.24, 2.45) is 11.5 Å². The van der Waals surface area contributed by atoms with Crippen LogP contribution in [0.5, 0.6) is 0 Å². The van der Waals surface area contributed by atoms with Gasteiger partial charge in [-0.05, 0) is 12.8 Å². The van der Waals surface area contributed by atoms with Gasteiger partial charge in [0.25, 0.3) is 0 Å². The molecule has 0 radical (unpaired) electrons. The van der Waals surface area contributed by atoms with Crippen molar-refractivity contribution in [3.8, 4) is 0 Å². The van der Waals surface area contributed by atoms with Crippen LogP contribution in [0, 0.1) is 0 Å². The van der Waals surface area contributed by atoms with Crippen LogP contribution in [0.15, 0.2) is 0 Å². The van der Waals surface area contributed by atoms with Crippen LogP contribution in [0.4, 0.5) is 0 Å². The summed E-state index contributed by atoms with van der Waals surface area (Å²) in [7, 11) is 1.89. The summed E-state index contributed by atoms with van der Waals surface area (Å²) in [5.74, 6) is -8.81. The Morgan fingerprint density at radius 1 is 0.628 bits per heavy atom. The van der Waals surface area contributed by atoms with Gasteiger partial charge in [-0.1, -0.05) is 41.9 Å². The normalized spacial score (nSPS) is 13.0. The molecule has 0 rings (SSSR count). The zero-order valence-corrected chi connectivity index (χ0v) is 25.3. The number of rotatable bonds is 21. The molecule has 43 heavy (non-hydrogen) atoms. The average Bonchev–Trinajstić information content (AvgIpc) is 2.92. The van der Waals surface area contributed by atoms with E-state index in [1.54, 1.807) is 0 Å². The van der Waals surface area contributed by atoms with E-state index >= 15 is 0 Å². The zero-order chi connectivity index (χ0) is 33.5. The van der Waals surface area contributed by atoms with E-state index in [0.29, 0.717) is 0 Å². The van der Waals surface area contributed by atoms with Crippen LogP contribution in [-0.4, -0.2) is 117 Å². The lowest BCUT2D eigenvalue weighted by Gasteiger charge is -2.20. The van der Waals surface area contributed by atoms with Crippen molar-refractivity contribution < 1.29 is 58.8 Å². The van der Waals surface area contributed by atoms with Crippen LogP contribution >= 0.6 is 21.6 Å². The minimum atomic E-state index is -1.34. The first-order valence-corrected chi connectivity index (χ1v) is 15.3. The van der Waals surface area contributed by atoms with Crippen molar-refractivity contribution in [2.75, 3.05) is 24.6 Å². The first kappa shape index (κ1) is 41.5. The highest BCUT2D eigenvalue weighted by Crippen LogP contribution is 2.23. The summed E-state index contributed by atoms with van der Waals surface area (Å²) in [6.45, 7) is 2.77. The smallest absolute Gasteiger partial charge is 0.322 e. The number of carbonyl (C=O) groups is 8. The van der Waals surface area contributed by atoms with Gasteiger partial charge in [0.05, 0.1) is 0 Å². The maximum absolute atomic E-state index is 12.4. The molecular formula is C23H40N6O12S2. The minimum absolute atomic E-state index is 0.155. The maximum atomic E-state index is 12.4. The number of carboxylic acid groups (broad SMARTS) is 4. The second-order valence-corrected chi connectivity index (χ2v) is 11.3. The lowest BCUT2D eigenvalue weighted by Crippen LogP contribution is -2.50. The van der Waals surface area contributed by atoms with E-state index in [4.69, 9.17) is 31.9 Å². The Labute approximate surface area is 255 Å². The molecule has 0 aromatic heterocycles. The molecule has 0 aliphatic heterocycles. The average molecular weight is 657 g/mol. The molecule has 20 heteroatoms. The Kier molecular flexibility index (Phi) is 23.1. The lowest BCUT2D eigenvalue weighted by molar-refractivity contribution is -0.140. The van der Waals surface area contributed by atoms with Gasteiger partial charge in [0.2, 0.25) is 23.6 Å². The van der Waals surface area contributed by atoms with Gasteiger partial charge in [-0.15, -0.1) is 0 Å². The first-order valence-electron chi connectivity index (χ1n) is 12.8. The molecule has 0 aromatic rings. The highest BCUT2D eigenvalue weighted by atomic mass is 33.1. The van der Waals surface area contributed by atoms with Gasteiger partial charge in [0.15, 0.2) is 0 Å². The first-order chi connectivity index (χ1) is 20.0. The highest BCUT2D eigenvalue weighted by Gasteiger charge is 2.25. The van der Waals surface area contributed by atoms with Crippen LogP contribution in [0.3, 0.4) is 0 Å². The standard InChI is InChI=1S/C20H32N6O12S2.C3H8/c21-9(19(35)36)1-3-13(27)25-11(17(33)23-5-15(29)30)7-39-40-8-12(18(34)24-6-16(31)32)26-14(28)4-2-10(22)20(37)38;1-3-2/h9-12H,1-8,21-22H2,(H,23,33)(H,24,34)(H,25,27)(H,26,28)(H,29,30)(H,31,32)(H,35,36)(H,37,38);3H2,1-2H3/t9-,10-,11-,12-;/m0./s1. The molecule has 0 unspecified atom stereocenters. The van der Waals surface area contributed by atoms with E-state index in [1.807, 2.05) is 0 Å². The lowest BCUT2D eigenvalue weighted by atomic mass is 10.1. The molecule has 0 aromatic carbocycles. The largest absolute Gasteiger partial charge is 0.480 e. The molecule has 0 spiro atoms. The Balaban J connectivity index is 0. The van der Waals surface area contributed by atoms with Crippen molar-refractivity contribution in [3.63, 3.8) is 0 Å². The number of carbonyl (C=O) groups excluding carboxylic acids is 4. The topological polar surface area (TPSA) is 318 Å². The third-order valence-corrected chi connectivity index (χ3v) is 7.11. The van der Waals surface area contributed by atoms with E-state index in [2.05, 4.69) is 35.1 Å². The summed E-state index contributed by atoms with van der Waals surface area (Å²) in [5, 5.41) is 44.1. The van der Waals surface area contributed by atoms with Gasteiger partial charge in [-0.25, -0.2) is 0 Å². The summed E-state index contributed by atoms with van der Waals surface area (Å²) in [6.07, 6.45) is 0.127. The number of nitrogens with two attached hydrogens (primary N) is 2. The van der Waals surface area contributed by atoms with Crippen LogP contribution in [0.25, 0.3) is 0 Å². The fraction of sp³-hybridized carbons (Fsp3) is 0.652. The van der Waals surface area contributed by atoms with Crippen LogP contribution in [-0.2, 0) is 38.4 Å². The summed E-state index contributed by atoms with van der Waals surface area (Å²) in [6, 6.07) is -5.16. The Morgan fingerprint density at radius 3 is 1.19 bits per heavy atom. The van der Waals surface area contributed by atoms with Gasteiger partial charge in [0.1, 0.15) is 37.3 Å². The molecular weight excluding hydrogens is 616 g/mol. The quantitative estimate of drug-likeness (QED) is 0.0452. The second kappa shape index (κ2) is 23.9. The molecule has 0 aliphatic rings. The number of aliphatic carboxylic acids is 4. The van der Waals surface area contributed by atoms with Gasteiger partial charge < -0.3 is 53.2 Å². The summed E-state index contributed by atoms with van der Waals surface area (Å²) >= 11 is 0. The Hall–Kier alpha value is -3.62. The number of nitrogens with one attached hydrogen (secondary N) is 4. The molecule has 0 saturated heterocycles. The third-order valence-electron chi connectivity index (χ3n) is 4.68. The molecule has 12 N–H and O–H groups in total. The predicted molar refractivity (Wildman–Crippen MR) is 156 cm³/mol. The van der Waals surface area contributed by atoms with Crippen LogP contribution in [0.2, 0.25) is 0 Å². The van der Waals surface area contributed by atoms with Crippen molar-refractivity contribution in [1.82, 2.24) is 21.3 Å². The highest BCUT2D eigenvalue weighted by molar-refractivity contribution is 8.76. The molecule has 0 aliphatic carbocycles. The number of hydrogen-bond acceptors (Lipinski definition) is 12. The van der Waals surface area contributed by atoms with Crippen molar-refractivity contribution in [2.45, 2.75) is 70.1 Å². The molecule has 0 heterocycles. The third kappa shape index (κ3) is 22.6. The monoisotopic (exact) mass is 656 g/mol.